The van der Waals surface area contributed by atoms with Gasteiger partial charge in [0.15, 0.2) is 0 Å². The summed E-state index contributed by atoms with van der Waals surface area (Å²) in [6, 6.07) is 15.1. The molecule has 1 unspecified atom stereocenters. The van der Waals surface area contributed by atoms with Gasteiger partial charge < -0.3 is 4.55 Å². The summed E-state index contributed by atoms with van der Waals surface area (Å²) in [4.78, 5) is 17.2. The van der Waals surface area contributed by atoms with E-state index in [1.54, 1.807) is 36.8 Å². The normalized spacial score (nSPS) is 12.2. The van der Waals surface area contributed by atoms with Crippen molar-refractivity contribution < 1.29 is 13.2 Å². The largest absolute Gasteiger partial charge is 0.760 e. The van der Waals surface area contributed by atoms with Gasteiger partial charge >= 0.3 is 0 Å². The number of aromatic nitrogens is 2. The van der Waals surface area contributed by atoms with E-state index in [0.717, 1.165) is 16.7 Å². The highest BCUT2D eigenvalue weighted by Crippen LogP contribution is 2.28. The second-order valence-corrected chi connectivity index (χ2v) is 7.45. The molecule has 0 amide bonds. The lowest BCUT2D eigenvalue weighted by atomic mass is 9.99. The molecule has 0 aliphatic heterocycles. The van der Waals surface area contributed by atoms with E-state index < -0.39 is 11.3 Å². The molecule has 0 aliphatic carbocycles. The average molecular weight is 422 g/mol. The zero-order chi connectivity index (χ0) is 21.1. The molecule has 4 aromatic rings. The molecule has 2 aromatic heterocycles. The predicted octanol–water partition coefficient (Wildman–Crippen LogP) is 3.12. The van der Waals surface area contributed by atoms with E-state index >= 15 is 0 Å². The smallest absolute Gasteiger partial charge is 0.263 e. The lowest BCUT2D eigenvalue weighted by molar-refractivity contribution is 0.523. The van der Waals surface area contributed by atoms with Gasteiger partial charge in [0.2, 0.25) is 0 Å². The summed E-state index contributed by atoms with van der Waals surface area (Å²) in [5.74, 6) is -0.377. The molecule has 152 valence electrons. The Hall–Kier alpha value is -3.20. The fourth-order valence-electron chi connectivity index (χ4n) is 3.38. The Labute approximate surface area is 174 Å². The van der Waals surface area contributed by atoms with Crippen molar-refractivity contribution in [2.45, 2.75) is 6.42 Å². The molecule has 4 rings (SSSR count). The van der Waals surface area contributed by atoms with Crippen LogP contribution in [-0.2, 0) is 17.7 Å². The van der Waals surface area contributed by atoms with E-state index in [0.29, 0.717) is 22.9 Å². The minimum absolute atomic E-state index is 0.221. The Kier molecular flexibility index (Phi) is 5.80. The van der Waals surface area contributed by atoms with Crippen molar-refractivity contribution in [2.75, 3.05) is 6.54 Å². The van der Waals surface area contributed by atoms with Gasteiger partial charge in [-0.3, -0.25) is 18.6 Å². The Morgan fingerprint density at radius 2 is 1.90 bits per heavy atom. The molecule has 30 heavy (non-hydrogen) atoms. The van der Waals surface area contributed by atoms with Crippen LogP contribution in [0.15, 0.2) is 78.0 Å². The molecule has 2 aromatic carbocycles. The van der Waals surface area contributed by atoms with Crippen molar-refractivity contribution in [2.24, 2.45) is 0 Å². The average Bonchev–Trinajstić information content (AvgIpc) is 2.75. The van der Waals surface area contributed by atoms with Crippen LogP contribution in [0.4, 0.5) is 4.39 Å². The monoisotopic (exact) mass is 422 g/mol. The zero-order valence-corrected chi connectivity index (χ0v) is 16.6. The highest BCUT2D eigenvalue weighted by atomic mass is 32.2. The number of fused-ring (bicyclic) bond motifs is 1. The third kappa shape index (κ3) is 4.20. The van der Waals surface area contributed by atoms with Gasteiger partial charge in [-0.2, -0.15) is 0 Å². The van der Waals surface area contributed by atoms with Crippen molar-refractivity contribution >= 4 is 22.0 Å². The van der Waals surface area contributed by atoms with Crippen LogP contribution in [0.1, 0.15) is 5.56 Å². The van der Waals surface area contributed by atoms with E-state index in [4.69, 9.17) is 0 Å². The number of benzene rings is 2. The Balaban J connectivity index is 1.85. The van der Waals surface area contributed by atoms with E-state index in [1.165, 1.54) is 16.7 Å². The molecule has 0 radical (unpaired) electrons. The van der Waals surface area contributed by atoms with Crippen molar-refractivity contribution in [3.05, 3.63) is 94.9 Å². The van der Waals surface area contributed by atoms with Crippen LogP contribution in [0.25, 0.3) is 27.6 Å². The summed E-state index contributed by atoms with van der Waals surface area (Å²) in [7, 11) is 0. The second kappa shape index (κ2) is 8.66. The van der Waals surface area contributed by atoms with Gasteiger partial charge in [0.05, 0.1) is 5.39 Å². The van der Waals surface area contributed by atoms with E-state index in [1.807, 2.05) is 24.3 Å². The summed E-state index contributed by atoms with van der Waals surface area (Å²) in [5.41, 5.74) is 2.94. The maximum absolute atomic E-state index is 13.4. The molecule has 0 saturated carbocycles. The molecular weight excluding hydrogens is 405 g/mol. The molecular formula is C22H17FN3O3S-. The van der Waals surface area contributed by atoms with Gasteiger partial charge in [-0.1, -0.05) is 24.3 Å². The van der Waals surface area contributed by atoms with Crippen LogP contribution < -0.4 is 10.3 Å². The van der Waals surface area contributed by atoms with Crippen LogP contribution in [0.5, 0.6) is 0 Å². The number of hydrogen-bond acceptors (Lipinski definition) is 4. The van der Waals surface area contributed by atoms with E-state index in [2.05, 4.69) is 9.71 Å². The Morgan fingerprint density at radius 3 is 2.67 bits per heavy atom. The fourth-order valence-corrected chi connectivity index (χ4v) is 3.65. The van der Waals surface area contributed by atoms with Gasteiger partial charge in [-0.05, 0) is 47.9 Å². The topological polar surface area (TPSA) is 87.1 Å². The lowest BCUT2D eigenvalue weighted by Crippen LogP contribution is -2.19. The zero-order valence-electron chi connectivity index (χ0n) is 15.7. The quantitative estimate of drug-likeness (QED) is 0.484. The molecule has 6 nitrogen and oxygen atoms in total. The predicted molar refractivity (Wildman–Crippen MR) is 113 cm³/mol. The van der Waals surface area contributed by atoms with Gasteiger partial charge in [0.1, 0.15) is 5.82 Å². The Bertz CT molecular complexity index is 1290. The van der Waals surface area contributed by atoms with Gasteiger partial charge in [0.25, 0.3) is 5.56 Å². The molecule has 2 heterocycles. The van der Waals surface area contributed by atoms with Gasteiger partial charge in [-0.25, -0.2) is 9.11 Å². The second-order valence-electron chi connectivity index (χ2n) is 6.70. The summed E-state index contributed by atoms with van der Waals surface area (Å²) < 4.78 is 38.6. The van der Waals surface area contributed by atoms with E-state index in [9.17, 15) is 17.9 Å². The fraction of sp³-hybridized carbons (Fsp3) is 0.0909. The maximum atomic E-state index is 13.4. The first-order valence-electron chi connectivity index (χ1n) is 9.20. The minimum Gasteiger partial charge on any atom is -0.760 e. The minimum atomic E-state index is -2.30. The van der Waals surface area contributed by atoms with Crippen LogP contribution in [0.3, 0.4) is 0 Å². The maximum Gasteiger partial charge on any atom is 0.263 e. The van der Waals surface area contributed by atoms with Crippen molar-refractivity contribution in [1.82, 2.24) is 14.3 Å². The highest BCUT2D eigenvalue weighted by Gasteiger charge is 2.12. The van der Waals surface area contributed by atoms with Crippen molar-refractivity contribution in [3.8, 4) is 16.8 Å². The number of rotatable bonds is 6. The van der Waals surface area contributed by atoms with Crippen LogP contribution in [-0.4, -0.2) is 24.9 Å². The highest BCUT2D eigenvalue weighted by molar-refractivity contribution is 7.77. The molecule has 0 spiro atoms. The molecule has 0 saturated heterocycles. The van der Waals surface area contributed by atoms with Gasteiger partial charge in [0, 0.05) is 53.0 Å². The number of nitrogens with zero attached hydrogens (tertiary/aromatic N) is 2. The summed E-state index contributed by atoms with van der Waals surface area (Å²) in [6.07, 6.45) is 5.46. The van der Waals surface area contributed by atoms with Crippen LogP contribution in [0.2, 0.25) is 0 Å². The van der Waals surface area contributed by atoms with Crippen LogP contribution >= 0.6 is 0 Å². The van der Waals surface area contributed by atoms with Crippen LogP contribution in [0, 0.1) is 5.82 Å². The SMILES string of the molecule is O=c1c2ccncc2c(-c2cccc(CCNS(=O)[O-])c2)cn1-c1ccc(F)cc1. The van der Waals surface area contributed by atoms with E-state index in [-0.39, 0.29) is 17.9 Å². The standard InChI is InChI=1S/C22H18FN3O3S/c23-17-4-6-18(7-5-17)26-14-21(20-13-24-10-9-19(20)22(26)27)16-3-1-2-15(12-16)8-11-25-30(28)29/h1-7,9-10,12-14,25H,8,11H2,(H,28,29)/p-1. The summed E-state index contributed by atoms with van der Waals surface area (Å²) in [6.45, 7) is 0.289. The third-order valence-corrected chi connectivity index (χ3v) is 5.23. The lowest BCUT2D eigenvalue weighted by Gasteiger charge is -2.14. The summed E-state index contributed by atoms with van der Waals surface area (Å²) >= 11 is -2.30. The number of pyridine rings is 2. The van der Waals surface area contributed by atoms with Crippen molar-refractivity contribution in [3.63, 3.8) is 0 Å². The molecule has 1 atom stereocenters. The first kappa shape index (κ1) is 20.1. The number of hydrogen-bond donors (Lipinski definition) is 1. The number of nitrogens with one attached hydrogen (secondary N) is 1. The first-order chi connectivity index (χ1) is 14.5. The molecule has 0 bridgehead atoms. The molecule has 0 fully saturated rings. The van der Waals surface area contributed by atoms with Crippen molar-refractivity contribution in [1.29, 1.82) is 0 Å². The van der Waals surface area contributed by atoms with Gasteiger partial charge in [-0.15, -0.1) is 0 Å². The molecule has 1 N–H and O–H groups in total. The summed E-state index contributed by atoms with van der Waals surface area (Å²) in [5, 5.41) is 1.21. The Morgan fingerprint density at radius 1 is 1.10 bits per heavy atom. The first-order valence-corrected chi connectivity index (χ1v) is 10.3. The molecule has 0 aliphatic rings. The third-order valence-electron chi connectivity index (χ3n) is 4.80. The molecule has 8 heteroatoms. The number of halogens is 1.